The Bertz CT molecular complexity index is 560. The van der Waals surface area contributed by atoms with Crippen LogP contribution in [-0.2, 0) is 29.4 Å². The van der Waals surface area contributed by atoms with E-state index in [2.05, 4.69) is 48.4 Å². The standard InChI is InChI=1S/C14H19N3OS/c1-11(2)13-6-4-12(5-7-13)9-19(18)10-14-8-17(3)16-15-14/h4-8,11H,9-10H2,1-3H3. The van der Waals surface area contributed by atoms with Crippen LogP contribution in [0.2, 0.25) is 0 Å². The first-order chi connectivity index (χ1) is 9.04. The molecule has 0 aliphatic heterocycles. The highest BCUT2D eigenvalue weighted by molar-refractivity contribution is 7.83. The Labute approximate surface area is 116 Å². The Balaban J connectivity index is 1.95. The number of aromatic nitrogens is 3. The van der Waals surface area contributed by atoms with Gasteiger partial charge in [0.05, 0.1) is 11.4 Å². The van der Waals surface area contributed by atoms with E-state index < -0.39 is 10.8 Å². The van der Waals surface area contributed by atoms with Gasteiger partial charge in [-0.1, -0.05) is 43.3 Å². The molecule has 2 rings (SSSR count). The molecule has 1 unspecified atom stereocenters. The van der Waals surface area contributed by atoms with E-state index in [0.717, 1.165) is 11.3 Å². The van der Waals surface area contributed by atoms with Crippen LogP contribution in [0.4, 0.5) is 0 Å². The van der Waals surface area contributed by atoms with Crippen LogP contribution in [-0.4, -0.2) is 19.2 Å². The minimum atomic E-state index is -0.942. The summed E-state index contributed by atoms with van der Waals surface area (Å²) in [6, 6.07) is 8.34. The summed E-state index contributed by atoms with van der Waals surface area (Å²) in [5.74, 6) is 1.55. The molecule has 0 amide bonds. The molecule has 4 nitrogen and oxygen atoms in total. The summed E-state index contributed by atoms with van der Waals surface area (Å²) in [7, 11) is 0.868. The second-order valence-corrected chi connectivity index (χ2v) is 6.47. The van der Waals surface area contributed by atoms with Crippen molar-refractivity contribution in [3.63, 3.8) is 0 Å². The molecule has 0 radical (unpaired) electrons. The summed E-state index contributed by atoms with van der Waals surface area (Å²) < 4.78 is 13.7. The number of hydrogen-bond acceptors (Lipinski definition) is 3. The predicted octanol–water partition coefficient (Wildman–Crippen LogP) is 2.39. The van der Waals surface area contributed by atoms with E-state index in [1.54, 1.807) is 10.9 Å². The number of nitrogens with zero attached hydrogens (tertiary/aromatic N) is 3. The average Bonchev–Trinajstić information content (AvgIpc) is 2.75. The van der Waals surface area contributed by atoms with Gasteiger partial charge >= 0.3 is 0 Å². The number of benzene rings is 1. The zero-order valence-electron chi connectivity index (χ0n) is 11.5. The summed E-state index contributed by atoms with van der Waals surface area (Å²) >= 11 is 0. The third-order valence-corrected chi connectivity index (χ3v) is 4.21. The summed E-state index contributed by atoms with van der Waals surface area (Å²) in [4.78, 5) is 0. The lowest BCUT2D eigenvalue weighted by atomic mass is 10.0. The maximum atomic E-state index is 12.0. The van der Waals surface area contributed by atoms with Crippen LogP contribution in [0.5, 0.6) is 0 Å². The fourth-order valence-electron chi connectivity index (χ4n) is 1.86. The maximum Gasteiger partial charge on any atom is 0.0951 e. The predicted molar refractivity (Wildman–Crippen MR) is 77.1 cm³/mol. The quantitative estimate of drug-likeness (QED) is 0.843. The van der Waals surface area contributed by atoms with Crippen LogP contribution in [0.25, 0.3) is 0 Å². The second kappa shape index (κ2) is 6.10. The summed E-state index contributed by atoms with van der Waals surface area (Å²) in [6.07, 6.45) is 1.81. The van der Waals surface area contributed by atoms with E-state index in [1.807, 2.05) is 7.05 Å². The van der Waals surface area contributed by atoms with E-state index in [1.165, 1.54) is 5.56 Å². The SMILES string of the molecule is CC(C)c1ccc(CS(=O)Cc2cn(C)nn2)cc1. The fourth-order valence-corrected chi connectivity index (χ4v) is 2.99. The lowest BCUT2D eigenvalue weighted by Crippen LogP contribution is -2.00. The molecule has 1 aromatic heterocycles. The van der Waals surface area contributed by atoms with Crippen molar-refractivity contribution in [2.45, 2.75) is 31.3 Å². The van der Waals surface area contributed by atoms with Crippen molar-refractivity contribution in [1.82, 2.24) is 15.0 Å². The summed E-state index contributed by atoms with van der Waals surface area (Å²) in [6.45, 7) is 4.34. The van der Waals surface area contributed by atoms with Crippen LogP contribution in [0.15, 0.2) is 30.5 Å². The van der Waals surface area contributed by atoms with Crippen LogP contribution >= 0.6 is 0 Å². The molecule has 0 saturated heterocycles. The van der Waals surface area contributed by atoms with Crippen LogP contribution in [0.3, 0.4) is 0 Å². The minimum Gasteiger partial charge on any atom is -0.259 e. The first-order valence-electron chi connectivity index (χ1n) is 6.33. The Kier molecular flexibility index (Phi) is 4.47. The van der Waals surface area contributed by atoms with Crippen molar-refractivity contribution in [2.24, 2.45) is 7.05 Å². The maximum absolute atomic E-state index is 12.0. The Hall–Kier alpha value is -1.49. The molecule has 0 fully saturated rings. The lowest BCUT2D eigenvalue weighted by Gasteiger charge is -2.06. The zero-order valence-corrected chi connectivity index (χ0v) is 12.4. The molecule has 1 heterocycles. The molecule has 0 spiro atoms. The molecule has 0 aliphatic rings. The Morgan fingerprint density at radius 3 is 2.42 bits per heavy atom. The zero-order chi connectivity index (χ0) is 13.8. The largest absolute Gasteiger partial charge is 0.259 e. The smallest absolute Gasteiger partial charge is 0.0951 e. The molecule has 0 saturated carbocycles. The second-order valence-electron chi connectivity index (χ2n) is 5.01. The van der Waals surface area contributed by atoms with Crippen molar-refractivity contribution in [3.05, 3.63) is 47.3 Å². The lowest BCUT2D eigenvalue weighted by molar-refractivity contribution is 0.681. The molecular weight excluding hydrogens is 258 g/mol. The van der Waals surface area contributed by atoms with E-state index in [0.29, 0.717) is 17.4 Å². The molecule has 1 aromatic carbocycles. The van der Waals surface area contributed by atoms with Crippen molar-refractivity contribution >= 4 is 10.8 Å². The molecule has 2 aromatic rings. The van der Waals surface area contributed by atoms with E-state index in [9.17, 15) is 4.21 Å². The summed E-state index contributed by atoms with van der Waals surface area (Å²) in [5, 5.41) is 7.79. The van der Waals surface area contributed by atoms with Gasteiger partial charge in [-0.15, -0.1) is 5.10 Å². The third kappa shape index (κ3) is 3.99. The first kappa shape index (κ1) is 13.9. The van der Waals surface area contributed by atoms with Crippen LogP contribution < -0.4 is 0 Å². The number of aryl methyl sites for hydroxylation is 1. The highest BCUT2D eigenvalue weighted by Gasteiger charge is 2.07. The van der Waals surface area contributed by atoms with Crippen molar-refractivity contribution < 1.29 is 4.21 Å². The van der Waals surface area contributed by atoms with E-state index in [-0.39, 0.29) is 0 Å². The van der Waals surface area contributed by atoms with Gasteiger partial charge in [-0.3, -0.25) is 8.89 Å². The molecule has 19 heavy (non-hydrogen) atoms. The van der Waals surface area contributed by atoms with Gasteiger partial charge in [-0.05, 0) is 17.0 Å². The number of hydrogen-bond donors (Lipinski definition) is 0. The molecule has 1 atom stereocenters. The van der Waals surface area contributed by atoms with Gasteiger partial charge in [0.1, 0.15) is 0 Å². The fraction of sp³-hybridized carbons (Fsp3) is 0.429. The van der Waals surface area contributed by atoms with Gasteiger partial charge in [-0.25, -0.2) is 0 Å². The normalized spacial score (nSPS) is 12.8. The van der Waals surface area contributed by atoms with Crippen molar-refractivity contribution in [3.8, 4) is 0 Å². The van der Waals surface area contributed by atoms with Gasteiger partial charge in [0.2, 0.25) is 0 Å². The molecule has 0 bridgehead atoms. The van der Waals surface area contributed by atoms with E-state index in [4.69, 9.17) is 0 Å². The van der Waals surface area contributed by atoms with Crippen molar-refractivity contribution in [2.75, 3.05) is 0 Å². The van der Waals surface area contributed by atoms with E-state index >= 15 is 0 Å². The van der Waals surface area contributed by atoms with Gasteiger partial charge < -0.3 is 0 Å². The first-order valence-corrected chi connectivity index (χ1v) is 7.82. The van der Waals surface area contributed by atoms with Crippen LogP contribution in [0, 0.1) is 0 Å². The third-order valence-electron chi connectivity index (χ3n) is 2.93. The molecular formula is C14H19N3OS. The van der Waals surface area contributed by atoms with Gasteiger partial charge in [0, 0.05) is 29.8 Å². The minimum absolute atomic E-state index is 0.458. The topological polar surface area (TPSA) is 47.8 Å². The molecule has 5 heteroatoms. The number of rotatable bonds is 5. The summed E-state index contributed by atoms with van der Waals surface area (Å²) in [5.41, 5.74) is 3.19. The van der Waals surface area contributed by atoms with Crippen LogP contribution in [0.1, 0.15) is 36.6 Å². The van der Waals surface area contributed by atoms with Gasteiger partial charge in [0.25, 0.3) is 0 Å². The highest BCUT2D eigenvalue weighted by atomic mass is 32.2. The molecule has 0 N–H and O–H groups in total. The van der Waals surface area contributed by atoms with Gasteiger partial charge in [0.15, 0.2) is 0 Å². The Morgan fingerprint density at radius 1 is 1.21 bits per heavy atom. The molecule has 102 valence electrons. The average molecular weight is 277 g/mol. The van der Waals surface area contributed by atoms with Gasteiger partial charge in [-0.2, -0.15) is 0 Å². The highest BCUT2D eigenvalue weighted by Crippen LogP contribution is 2.16. The Morgan fingerprint density at radius 2 is 1.89 bits per heavy atom. The monoisotopic (exact) mass is 277 g/mol. The molecule has 0 aliphatic carbocycles. The van der Waals surface area contributed by atoms with Crippen molar-refractivity contribution in [1.29, 1.82) is 0 Å².